The number of allylic oxidation sites excluding steroid dienone is 1. The fourth-order valence-electron chi connectivity index (χ4n) is 2.64. The van der Waals surface area contributed by atoms with Gasteiger partial charge in [-0.15, -0.1) is 0 Å². The van der Waals surface area contributed by atoms with Gasteiger partial charge in [0.25, 0.3) is 0 Å². The lowest BCUT2D eigenvalue weighted by atomic mass is 9.97. The van der Waals surface area contributed by atoms with E-state index >= 15 is 0 Å². The first-order valence-electron chi connectivity index (χ1n) is 7.97. The number of fused-ring (bicyclic) bond motifs is 1. The molecule has 0 bridgehead atoms. The van der Waals surface area contributed by atoms with Gasteiger partial charge >= 0.3 is 0 Å². The maximum Gasteiger partial charge on any atom is 0.189 e. The molecule has 4 heteroatoms. The van der Waals surface area contributed by atoms with E-state index in [2.05, 4.69) is 15.9 Å². The highest BCUT2D eigenvalue weighted by Gasteiger charge is 2.27. The summed E-state index contributed by atoms with van der Waals surface area (Å²) >= 11 is 3.40. The zero-order chi connectivity index (χ0) is 18.0. The summed E-state index contributed by atoms with van der Waals surface area (Å²) < 4.78 is 12.4. The molecule has 2 aromatic rings. The third-order valence-corrected chi connectivity index (χ3v) is 4.48. The van der Waals surface area contributed by atoms with E-state index in [1.54, 1.807) is 31.4 Å². The van der Waals surface area contributed by atoms with E-state index < -0.39 is 5.60 Å². The van der Waals surface area contributed by atoms with Crippen LogP contribution in [0.5, 0.6) is 11.5 Å². The van der Waals surface area contributed by atoms with Gasteiger partial charge in [0.15, 0.2) is 5.78 Å². The third kappa shape index (κ3) is 3.85. The van der Waals surface area contributed by atoms with E-state index in [1.807, 2.05) is 50.3 Å². The van der Waals surface area contributed by atoms with E-state index in [0.717, 1.165) is 15.6 Å². The van der Waals surface area contributed by atoms with Crippen molar-refractivity contribution in [2.75, 3.05) is 7.11 Å². The molecule has 0 aliphatic carbocycles. The molecule has 2 aromatic carbocycles. The molecule has 0 amide bonds. The van der Waals surface area contributed by atoms with Crippen LogP contribution in [0.1, 0.15) is 35.3 Å². The monoisotopic (exact) mass is 398 g/mol. The Labute approximate surface area is 156 Å². The van der Waals surface area contributed by atoms with Crippen molar-refractivity contribution in [3.8, 4) is 11.5 Å². The highest BCUT2D eigenvalue weighted by Crippen LogP contribution is 2.39. The van der Waals surface area contributed by atoms with E-state index in [9.17, 15) is 4.79 Å². The van der Waals surface area contributed by atoms with Gasteiger partial charge in [-0.25, -0.2) is 0 Å². The van der Waals surface area contributed by atoms with Crippen molar-refractivity contribution >= 4 is 33.9 Å². The highest BCUT2D eigenvalue weighted by atomic mass is 79.9. The van der Waals surface area contributed by atoms with Crippen molar-refractivity contribution in [1.82, 2.24) is 0 Å². The number of ketones is 1. The topological polar surface area (TPSA) is 35.5 Å². The third-order valence-electron chi connectivity index (χ3n) is 3.96. The number of carbonyl (C=O) groups excluding carboxylic acids is 1. The second-order valence-electron chi connectivity index (χ2n) is 6.35. The molecule has 0 aromatic heterocycles. The Balaban J connectivity index is 1.96. The summed E-state index contributed by atoms with van der Waals surface area (Å²) in [6, 6.07) is 11.3. The molecular formula is C21H19BrO3. The SMILES string of the molecule is COc1ccc(C(=O)/C=C/c2ccc(Br)cc2)c2c1C=CC(C)(C)O2. The first-order chi connectivity index (χ1) is 11.9. The fourth-order valence-corrected chi connectivity index (χ4v) is 2.90. The van der Waals surface area contributed by atoms with Gasteiger partial charge < -0.3 is 9.47 Å². The molecule has 0 saturated carbocycles. The average Bonchev–Trinajstić information content (AvgIpc) is 2.59. The number of rotatable bonds is 4. The largest absolute Gasteiger partial charge is 0.496 e. The molecule has 0 saturated heterocycles. The Morgan fingerprint density at radius 1 is 1.16 bits per heavy atom. The molecule has 3 nitrogen and oxygen atoms in total. The van der Waals surface area contributed by atoms with Crippen molar-refractivity contribution in [2.24, 2.45) is 0 Å². The molecule has 0 N–H and O–H groups in total. The van der Waals surface area contributed by atoms with Crippen molar-refractivity contribution in [3.63, 3.8) is 0 Å². The minimum atomic E-state index is -0.468. The molecule has 0 fully saturated rings. The standard InChI is InChI=1S/C21H19BrO3/c1-21(2)13-12-17-19(24-3)11-9-16(20(17)25-21)18(23)10-6-14-4-7-15(22)8-5-14/h4-13H,1-3H3/b10-6+. The molecule has 0 radical (unpaired) electrons. The van der Waals surface area contributed by atoms with Crippen molar-refractivity contribution in [1.29, 1.82) is 0 Å². The molecule has 0 unspecified atom stereocenters. The summed E-state index contributed by atoms with van der Waals surface area (Å²) in [4.78, 5) is 12.7. The fraction of sp³-hybridized carbons (Fsp3) is 0.190. The lowest BCUT2D eigenvalue weighted by Crippen LogP contribution is -2.28. The zero-order valence-electron chi connectivity index (χ0n) is 14.4. The Bertz CT molecular complexity index is 861. The maximum absolute atomic E-state index is 12.7. The van der Waals surface area contributed by atoms with Gasteiger partial charge in [0.1, 0.15) is 17.1 Å². The summed E-state index contributed by atoms with van der Waals surface area (Å²) in [6.45, 7) is 3.91. The molecule has 25 heavy (non-hydrogen) atoms. The zero-order valence-corrected chi connectivity index (χ0v) is 16.0. The smallest absolute Gasteiger partial charge is 0.189 e. The van der Waals surface area contributed by atoms with Gasteiger partial charge in [-0.1, -0.05) is 34.1 Å². The number of carbonyl (C=O) groups is 1. The summed E-state index contributed by atoms with van der Waals surface area (Å²) in [6.07, 6.45) is 7.28. The Morgan fingerprint density at radius 3 is 2.56 bits per heavy atom. The highest BCUT2D eigenvalue weighted by molar-refractivity contribution is 9.10. The van der Waals surface area contributed by atoms with E-state index in [4.69, 9.17) is 9.47 Å². The summed E-state index contributed by atoms with van der Waals surface area (Å²) in [7, 11) is 1.61. The second kappa shape index (κ2) is 6.89. The van der Waals surface area contributed by atoms with Gasteiger partial charge in [0.05, 0.1) is 18.2 Å². The van der Waals surface area contributed by atoms with Gasteiger partial charge in [-0.05, 0) is 61.9 Å². The van der Waals surface area contributed by atoms with Crippen molar-refractivity contribution in [2.45, 2.75) is 19.4 Å². The van der Waals surface area contributed by atoms with Gasteiger partial charge in [-0.2, -0.15) is 0 Å². The average molecular weight is 399 g/mol. The molecule has 128 valence electrons. The van der Waals surface area contributed by atoms with E-state index in [0.29, 0.717) is 17.1 Å². The van der Waals surface area contributed by atoms with Crippen LogP contribution in [0.2, 0.25) is 0 Å². The van der Waals surface area contributed by atoms with Crippen LogP contribution in [0, 0.1) is 0 Å². The van der Waals surface area contributed by atoms with E-state index in [-0.39, 0.29) is 5.78 Å². The molecule has 0 spiro atoms. The molecule has 3 rings (SSSR count). The molecule has 1 aliphatic heterocycles. The first-order valence-corrected chi connectivity index (χ1v) is 8.76. The molecule has 1 aliphatic rings. The molecule has 0 atom stereocenters. The first kappa shape index (κ1) is 17.5. The quantitative estimate of drug-likeness (QED) is 0.500. The van der Waals surface area contributed by atoms with Crippen LogP contribution < -0.4 is 9.47 Å². The van der Waals surface area contributed by atoms with Crippen LogP contribution in [-0.4, -0.2) is 18.5 Å². The number of ether oxygens (including phenoxy) is 2. The number of hydrogen-bond acceptors (Lipinski definition) is 3. The summed E-state index contributed by atoms with van der Waals surface area (Å²) in [5.74, 6) is 1.15. The minimum Gasteiger partial charge on any atom is -0.496 e. The van der Waals surface area contributed by atoms with Gasteiger partial charge in [-0.3, -0.25) is 4.79 Å². The second-order valence-corrected chi connectivity index (χ2v) is 7.26. The predicted octanol–water partition coefficient (Wildman–Crippen LogP) is 5.54. The summed E-state index contributed by atoms with van der Waals surface area (Å²) in [5.41, 5.74) is 1.82. The van der Waals surface area contributed by atoms with E-state index in [1.165, 1.54) is 0 Å². The molecule has 1 heterocycles. The lowest BCUT2D eigenvalue weighted by Gasteiger charge is -2.29. The van der Waals surface area contributed by atoms with Gasteiger partial charge in [0, 0.05) is 4.47 Å². The lowest BCUT2D eigenvalue weighted by molar-refractivity contribution is 0.103. The van der Waals surface area contributed by atoms with Crippen LogP contribution in [0.15, 0.2) is 53.0 Å². The van der Waals surface area contributed by atoms with Crippen LogP contribution in [0.25, 0.3) is 12.2 Å². The van der Waals surface area contributed by atoms with Crippen LogP contribution in [0.3, 0.4) is 0 Å². The normalized spacial score (nSPS) is 14.9. The number of hydrogen-bond donors (Lipinski definition) is 0. The summed E-state index contributed by atoms with van der Waals surface area (Å²) in [5, 5.41) is 0. The van der Waals surface area contributed by atoms with Crippen LogP contribution in [-0.2, 0) is 0 Å². The number of benzene rings is 2. The maximum atomic E-state index is 12.7. The van der Waals surface area contributed by atoms with Crippen molar-refractivity contribution < 1.29 is 14.3 Å². The number of methoxy groups -OCH3 is 1. The van der Waals surface area contributed by atoms with Crippen LogP contribution in [0.4, 0.5) is 0 Å². The Hall–Kier alpha value is -2.33. The van der Waals surface area contributed by atoms with Gasteiger partial charge in [0.2, 0.25) is 0 Å². The van der Waals surface area contributed by atoms with Crippen LogP contribution >= 0.6 is 15.9 Å². The predicted molar refractivity (Wildman–Crippen MR) is 104 cm³/mol. The Kier molecular flexibility index (Phi) is 4.82. The molecular weight excluding hydrogens is 380 g/mol. The number of halogens is 1. The Morgan fingerprint density at radius 2 is 1.88 bits per heavy atom. The van der Waals surface area contributed by atoms with Crippen molar-refractivity contribution in [3.05, 3.63) is 69.7 Å². The minimum absolute atomic E-state index is 0.104.